The van der Waals surface area contributed by atoms with E-state index >= 15 is 0 Å². The van der Waals surface area contributed by atoms with Gasteiger partial charge in [-0.15, -0.1) is 0 Å². The van der Waals surface area contributed by atoms with E-state index in [1.807, 2.05) is 44.2 Å². The Balaban J connectivity index is 1.89. The van der Waals surface area contributed by atoms with Crippen LogP contribution in [-0.2, 0) is 4.79 Å². The van der Waals surface area contributed by atoms with Crippen molar-refractivity contribution < 1.29 is 4.79 Å². The zero-order valence-corrected chi connectivity index (χ0v) is 22.7. The number of thioether (sulfide) groups is 1. The summed E-state index contributed by atoms with van der Waals surface area (Å²) in [6.07, 6.45) is 4.27. The summed E-state index contributed by atoms with van der Waals surface area (Å²) in [7, 11) is 2.15. The van der Waals surface area contributed by atoms with E-state index in [1.165, 1.54) is 11.6 Å². The Bertz CT molecular complexity index is 1140. The molecule has 1 saturated heterocycles. The second-order valence-electron chi connectivity index (χ2n) is 8.91. The molecule has 192 valence electrons. The Hall–Kier alpha value is -3.30. The maximum atomic E-state index is 11.6. The van der Waals surface area contributed by atoms with Crippen molar-refractivity contribution in [2.45, 2.75) is 39.0 Å². The minimum atomic E-state index is -0.222. The van der Waals surface area contributed by atoms with Crippen molar-refractivity contribution in [2.75, 3.05) is 43.9 Å². The number of carbonyl (C=O) groups excluding carboxylic acids is 1. The predicted molar refractivity (Wildman–Crippen MR) is 151 cm³/mol. The number of likely N-dealkylation sites (N-methyl/N-ethyl adjacent to an activating group) is 1. The molecule has 2 heterocycles. The lowest BCUT2D eigenvalue weighted by molar-refractivity contribution is -0.111. The third kappa shape index (κ3) is 8.13. The fourth-order valence-corrected chi connectivity index (χ4v) is 4.47. The van der Waals surface area contributed by atoms with Gasteiger partial charge in [-0.3, -0.25) is 9.89 Å². The number of allylic oxidation sites excluding steroid dienone is 2. The Morgan fingerprint density at radius 2 is 1.89 bits per heavy atom. The van der Waals surface area contributed by atoms with Gasteiger partial charge in [0, 0.05) is 54.2 Å². The highest BCUT2D eigenvalue weighted by molar-refractivity contribution is 8.03. The van der Waals surface area contributed by atoms with Gasteiger partial charge in [0.2, 0.25) is 5.91 Å². The lowest BCUT2D eigenvalue weighted by Crippen LogP contribution is -2.46. The number of hydrogen-bond donors (Lipinski definition) is 3. The maximum Gasteiger partial charge on any atom is 0.247 e. The maximum absolute atomic E-state index is 11.6. The molecule has 0 unspecified atom stereocenters. The van der Waals surface area contributed by atoms with Crippen LogP contribution in [0.4, 0.5) is 11.5 Å². The van der Waals surface area contributed by atoms with Crippen molar-refractivity contribution in [3.05, 3.63) is 71.1 Å². The molecule has 36 heavy (non-hydrogen) atoms. The average Bonchev–Trinajstić information content (AvgIpc) is 3.28. The molecule has 3 N–H and O–H groups in total. The van der Waals surface area contributed by atoms with Crippen LogP contribution < -0.4 is 10.6 Å². The van der Waals surface area contributed by atoms with Crippen LogP contribution in [0.1, 0.15) is 32.9 Å². The lowest BCUT2D eigenvalue weighted by Gasteiger charge is -2.34. The molecule has 8 nitrogen and oxygen atoms in total. The third-order valence-electron chi connectivity index (χ3n) is 5.84. The molecule has 0 bridgehead atoms. The molecule has 0 spiro atoms. The van der Waals surface area contributed by atoms with Crippen LogP contribution in [-0.4, -0.2) is 65.0 Å². The lowest BCUT2D eigenvalue weighted by atomic mass is 10.2. The van der Waals surface area contributed by atoms with Gasteiger partial charge < -0.3 is 20.4 Å². The summed E-state index contributed by atoms with van der Waals surface area (Å²) in [5.41, 5.74) is 3.94. The van der Waals surface area contributed by atoms with Crippen LogP contribution in [0, 0.1) is 6.92 Å². The summed E-state index contributed by atoms with van der Waals surface area (Å²) in [5.74, 6) is 1.50. The van der Waals surface area contributed by atoms with Crippen molar-refractivity contribution >= 4 is 35.0 Å². The average molecular weight is 508 g/mol. The topological polar surface area (TPSA) is 88.6 Å². The first-order valence-corrected chi connectivity index (χ1v) is 13.0. The van der Waals surface area contributed by atoms with Crippen LogP contribution in [0.25, 0.3) is 0 Å². The summed E-state index contributed by atoms with van der Waals surface area (Å²) in [6, 6.07) is 9.77. The quantitative estimate of drug-likeness (QED) is 0.186. The number of carbonyl (C=O) groups is 1. The number of anilines is 2. The van der Waals surface area contributed by atoms with Crippen LogP contribution in [0.15, 0.2) is 75.2 Å². The molecule has 0 radical (unpaired) electrons. The smallest absolute Gasteiger partial charge is 0.247 e. The Morgan fingerprint density at radius 3 is 2.47 bits per heavy atom. The van der Waals surface area contributed by atoms with E-state index < -0.39 is 0 Å². The van der Waals surface area contributed by atoms with Gasteiger partial charge in [-0.05, 0) is 76.2 Å². The van der Waals surface area contributed by atoms with Crippen LogP contribution in [0.3, 0.4) is 0 Å². The van der Waals surface area contributed by atoms with Gasteiger partial charge in [-0.25, -0.2) is 4.99 Å². The highest BCUT2D eigenvalue weighted by Crippen LogP contribution is 2.32. The number of nitrogens with zero attached hydrogens (tertiary/aromatic N) is 4. The van der Waals surface area contributed by atoms with Crippen LogP contribution in [0.2, 0.25) is 0 Å². The van der Waals surface area contributed by atoms with Crippen LogP contribution >= 0.6 is 11.8 Å². The number of amides is 1. The first-order chi connectivity index (χ1) is 17.3. The summed E-state index contributed by atoms with van der Waals surface area (Å²) < 4.78 is 0. The van der Waals surface area contributed by atoms with Crippen molar-refractivity contribution in [2.24, 2.45) is 4.99 Å². The number of aromatic nitrogens is 2. The van der Waals surface area contributed by atoms with Crippen LogP contribution in [0.5, 0.6) is 0 Å². The second kappa shape index (κ2) is 13.1. The van der Waals surface area contributed by atoms with E-state index in [0.29, 0.717) is 0 Å². The molecule has 1 aliphatic heterocycles. The van der Waals surface area contributed by atoms with E-state index in [4.69, 9.17) is 4.99 Å². The number of aryl methyl sites for hydroxylation is 1. The van der Waals surface area contributed by atoms with Gasteiger partial charge in [-0.2, -0.15) is 5.10 Å². The number of amidine groups is 1. The van der Waals surface area contributed by atoms with Crippen molar-refractivity contribution in [1.29, 1.82) is 0 Å². The van der Waals surface area contributed by atoms with Gasteiger partial charge in [0.15, 0.2) is 5.82 Å². The fraction of sp³-hybridized carbons (Fsp3) is 0.370. The van der Waals surface area contributed by atoms with E-state index in [1.54, 1.807) is 11.8 Å². The number of benzene rings is 1. The van der Waals surface area contributed by atoms with E-state index in [2.05, 4.69) is 64.2 Å². The molecule has 1 amide bonds. The first-order valence-electron chi connectivity index (χ1n) is 12.2. The molecule has 9 heteroatoms. The Morgan fingerprint density at radius 1 is 1.19 bits per heavy atom. The molecule has 0 aliphatic carbocycles. The minimum absolute atomic E-state index is 0.222. The monoisotopic (exact) mass is 507 g/mol. The predicted octanol–water partition coefficient (Wildman–Crippen LogP) is 5.24. The molecule has 1 aliphatic rings. The molecule has 0 saturated carbocycles. The molecule has 2 aromatic rings. The molecular formula is C27H37N7OS. The summed E-state index contributed by atoms with van der Waals surface area (Å²) in [5, 5.41) is 14.4. The Labute approximate surface area is 218 Å². The number of nitrogens with one attached hydrogen (secondary N) is 3. The minimum Gasteiger partial charge on any atom is -0.354 e. The van der Waals surface area contributed by atoms with E-state index in [0.717, 1.165) is 71.3 Å². The number of rotatable bonds is 9. The zero-order valence-electron chi connectivity index (χ0n) is 21.9. The third-order valence-corrected chi connectivity index (χ3v) is 6.98. The standard InChI is InChI=1S/C27H37N7OS/c1-7-19(3)27(36-23-11-9-22(10-12-23)29-26(35)8-2)30-25(34-15-13-33(6)14-16-34)18-20(4)28-24-17-21(5)31-32-24/h8-12,17-18H,2,7,13-16H2,1,3-6H3,(H,29,35)(H2,28,31,32)/b20-18+,27-19-,30-25+. The summed E-state index contributed by atoms with van der Waals surface area (Å²) in [4.78, 5) is 22.5. The number of H-pyrrole nitrogens is 1. The highest BCUT2D eigenvalue weighted by atomic mass is 32.2. The van der Waals surface area contributed by atoms with Crippen molar-refractivity contribution in [3.63, 3.8) is 0 Å². The van der Waals surface area contributed by atoms with E-state index in [9.17, 15) is 4.79 Å². The fourth-order valence-electron chi connectivity index (χ4n) is 3.52. The molecule has 1 aromatic heterocycles. The van der Waals surface area contributed by atoms with Crippen molar-refractivity contribution in [3.8, 4) is 0 Å². The SMILES string of the molecule is C=CC(=O)Nc1ccc(SC(/N=C(\C=C(/C)Nc2cc(C)[nH]n2)N2CCN(C)CC2)=C(/C)CC)cc1. The second-order valence-corrected chi connectivity index (χ2v) is 9.97. The van der Waals surface area contributed by atoms with Gasteiger partial charge in [0.1, 0.15) is 10.9 Å². The molecule has 3 rings (SSSR count). The van der Waals surface area contributed by atoms with Gasteiger partial charge in [0.05, 0.1) is 0 Å². The van der Waals surface area contributed by atoms with Gasteiger partial charge in [0.25, 0.3) is 0 Å². The van der Waals surface area contributed by atoms with Gasteiger partial charge >= 0.3 is 0 Å². The van der Waals surface area contributed by atoms with Crippen molar-refractivity contribution in [1.82, 2.24) is 20.0 Å². The molecule has 1 aromatic carbocycles. The number of piperazine rings is 1. The highest BCUT2D eigenvalue weighted by Gasteiger charge is 2.18. The number of hydrogen-bond acceptors (Lipinski definition) is 6. The molecular weight excluding hydrogens is 470 g/mol. The zero-order chi connectivity index (χ0) is 26.1. The summed E-state index contributed by atoms with van der Waals surface area (Å²) >= 11 is 1.64. The Kier molecular flexibility index (Phi) is 9.95. The normalized spacial score (nSPS) is 16.0. The van der Waals surface area contributed by atoms with Gasteiger partial charge in [-0.1, -0.05) is 25.3 Å². The number of aliphatic imine (C=N–C) groups is 1. The first kappa shape index (κ1) is 27.3. The number of aromatic amines is 1. The summed E-state index contributed by atoms with van der Waals surface area (Å²) in [6.45, 7) is 15.6. The largest absolute Gasteiger partial charge is 0.354 e. The molecule has 0 atom stereocenters. The molecule has 1 fully saturated rings. The van der Waals surface area contributed by atoms with E-state index in [-0.39, 0.29) is 5.91 Å².